The Balaban J connectivity index is 0. The molecule has 0 aromatic rings. The molecule has 0 spiro atoms. The first kappa shape index (κ1) is 28.2. The molecular weight excluding hydrogens is 334 g/mol. The van der Waals surface area contributed by atoms with Gasteiger partial charge in [-0.15, -0.1) is 0 Å². The maximum Gasteiger partial charge on any atom is 0.308 e. The molecule has 0 N–H and O–H groups in total. The molecule has 0 saturated carbocycles. The summed E-state index contributed by atoms with van der Waals surface area (Å²) in [6, 6.07) is 2.30. The van der Waals surface area contributed by atoms with Gasteiger partial charge in [-0.3, -0.25) is 4.79 Å². The van der Waals surface area contributed by atoms with E-state index in [9.17, 15) is 4.79 Å². The molecule has 0 bridgehead atoms. The predicted octanol–water partition coefficient (Wildman–Crippen LogP) is 7.40. The summed E-state index contributed by atoms with van der Waals surface area (Å²) in [5.74, 6) is 2.07. The summed E-state index contributed by atoms with van der Waals surface area (Å²) in [5.41, 5.74) is 0. The van der Waals surface area contributed by atoms with E-state index in [2.05, 4.69) is 33.8 Å². The lowest BCUT2D eigenvalue weighted by Gasteiger charge is -2.22. The van der Waals surface area contributed by atoms with Crippen LogP contribution < -0.4 is 0 Å². The lowest BCUT2D eigenvalue weighted by atomic mass is 9.85. The Bertz CT molecular complexity index is 400. The highest BCUT2D eigenvalue weighted by Crippen LogP contribution is 2.25. The van der Waals surface area contributed by atoms with Crippen LogP contribution in [-0.4, -0.2) is 12.1 Å². The van der Waals surface area contributed by atoms with Crippen LogP contribution in [0.1, 0.15) is 107 Å². The van der Waals surface area contributed by atoms with Crippen LogP contribution in [0, 0.1) is 40.9 Å². The van der Waals surface area contributed by atoms with Crippen LogP contribution in [0.25, 0.3) is 0 Å². The molecule has 0 aliphatic heterocycles. The third-order valence-electron chi connectivity index (χ3n) is 5.54. The largest absolute Gasteiger partial charge is 0.462 e. The van der Waals surface area contributed by atoms with Crippen molar-refractivity contribution >= 4 is 5.97 Å². The van der Waals surface area contributed by atoms with Crippen LogP contribution >= 0.6 is 0 Å². The minimum atomic E-state index is -0.0975. The minimum absolute atomic E-state index is 0.0415. The maximum atomic E-state index is 12.2. The zero-order valence-corrected chi connectivity index (χ0v) is 19.7. The summed E-state index contributed by atoms with van der Waals surface area (Å²) >= 11 is 0. The van der Waals surface area contributed by atoms with Gasteiger partial charge < -0.3 is 4.74 Å². The first-order valence-corrected chi connectivity index (χ1v) is 11.3. The van der Waals surface area contributed by atoms with Gasteiger partial charge in [-0.05, 0) is 56.8 Å². The van der Waals surface area contributed by atoms with Crippen molar-refractivity contribution in [2.75, 3.05) is 0 Å². The van der Waals surface area contributed by atoms with Crippen molar-refractivity contribution in [3.63, 3.8) is 0 Å². The molecule has 0 aliphatic rings. The Morgan fingerprint density at radius 2 is 1.37 bits per heavy atom. The number of hydrogen-bond acceptors (Lipinski definition) is 3. The minimum Gasteiger partial charge on any atom is -0.462 e. The van der Waals surface area contributed by atoms with Gasteiger partial charge in [-0.1, -0.05) is 68.2 Å². The first-order chi connectivity index (χ1) is 12.7. The molecule has 0 amide bonds. The number of carbonyl (C=O) groups is 1. The number of ether oxygens (including phenoxy) is 1. The van der Waals surface area contributed by atoms with Gasteiger partial charge in [0.1, 0.15) is 0 Å². The van der Waals surface area contributed by atoms with E-state index in [1.165, 1.54) is 12.8 Å². The van der Waals surface area contributed by atoms with Gasteiger partial charge in [0.15, 0.2) is 0 Å². The monoisotopic (exact) mass is 381 g/mol. The van der Waals surface area contributed by atoms with Gasteiger partial charge >= 0.3 is 5.97 Å². The zero-order chi connectivity index (χ0) is 21.4. The van der Waals surface area contributed by atoms with E-state index >= 15 is 0 Å². The zero-order valence-electron chi connectivity index (χ0n) is 19.7. The van der Waals surface area contributed by atoms with Crippen LogP contribution in [-0.2, 0) is 9.53 Å². The molecule has 0 saturated heterocycles. The molecule has 0 fully saturated rings. The number of carbonyl (C=O) groups excluding carboxylic acids is 1. The summed E-state index contributed by atoms with van der Waals surface area (Å²) in [6.07, 6.45) is 6.87. The van der Waals surface area contributed by atoms with Crippen molar-refractivity contribution < 1.29 is 9.53 Å². The fourth-order valence-electron chi connectivity index (χ4n) is 2.97. The summed E-state index contributed by atoms with van der Waals surface area (Å²) in [6.45, 7) is 19.1. The molecule has 0 aromatic heterocycles. The molecule has 5 atom stereocenters. The first-order valence-electron chi connectivity index (χ1n) is 11.3. The average Bonchev–Trinajstić information content (AvgIpc) is 2.65. The number of hydrogen-bond donors (Lipinski definition) is 0. The highest BCUT2D eigenvalue weighted by molar-refractivity contribution is 5.72. The van der Waals surface area contributed by atoms with E-state index in [-0.39, 0.29) is 23.9 Å². The van der Waals surface area contributed by atoms with Crippen LogP contribution in [0.5, 0.6) is 0 Å². The van der Waals surface area contributed by atoms with Crippen molar-refractivity contribution in [2.45, 2.75) is 113 Å². The van der Waals surface area contributed by atoms with Crippen LogP contribution in [0.2, 0.25) is 0 Å². The Morgan fingerprint density at radius 3 is 1.81 bits per heavy atom. The predicted molar refractivity (Wildman–Crippen MR) is 116 cm³/mol. The Hall–Kier alpha value is -1.04. The van der Waals surface area contributed by atoms with Crippen LogP contribution in [0.3, 0.4) is 0 Å². The number of esters is 1. The van der Waals surface area contributed by atoms with Gasteiger partial charge in [-0.2, -0.15) is 5.26 Å². The molecular formula is C24H47NO2. The topological polar surface area (TPSA) is 50.1 Å². The number of nitriles is 1. The Labute approximate surface area is 170 Å². The lowest BCUT2D eigenvalue weighted by molar-refractivity contribution is -0.153. The molecule has 0 rings (SSSR count). The van der Waals surface area contributed by atoms with Gasteiger partial charge in [0.25, 0.3) is 0 Å². The molecule has 3 heteroatoms. The Morgan fingerprint density at radius 1 is 0.852 bits per heavy atom. The molecule has 3 nitrogen and oxygen atoms in total. The maximum absolute atomic E-state index is 12.2. The SMILES string of the molecule is CC.CCC(C#N)CCC(C)OC(=O)C(C)CCC(C)C(C)CCC(C)C. The van der Waals surface area contributed by atoms with Crippen molar-refractivity contribution in [1.82, 2.24) is 0 Å². The molecule has 5 unspecified atom stereocenters. The van der Waals surface area contributed by atoms with Crippen molar-refractivity contribution in [2.24, 2.45) is 29.6 Å². The number of nitrogens with zero attached hydrogens (tertiary/aromatic N) is 1. The molecule has 160 valence electrons. The summed E-state index contributed by atoms with van der Waals surface area (Å²) in [4.78, 5) is 12.2. The van der Waals surface area contributed by atoms with Crippen molar-refractivity contribution in [3.8, 4) is 6.07 Å². The van der Waals surface area contributed by atoms with Gasteiger partial charge in [-0.25, -0.2) is 0 Å². The van der Waals surface area contributed by atoms with Crippen molar-refractivity contribution in [3.05, 3.63) is 0 Å². The van der Waals surface area contributed by atoms with E-state index in [1.807, 2.05) is 34.6 Å². The van der Waals surface area contributed by atoms with Gasteiger partial charge in [0, 0.05) is 5.92 Å². The molecule has 0 aromatic carbocycles. The fourth-order valence-corrected chi connectivity index (χ4v) is 2.97. The van der Waals surface area contributed by atoms with E-state index in [4.69, 9.17) is 10.00 Å². The molecule has 0 heterocycles. The smallest absolute Gasteiger partial charge is 0.308 e. The lowest BCUT2D eigenvalue weighted by Crippen LogP contribution is -2.22. The van der Waals surface area contributed by atoms with E-state index in [0.29, 0.717) is 11.8 Å². The van der Waals surface area contributed by atoms with E-state index in [0.717, 1.165) is 38.0 Å². The van der Waals surface area contributed by atoms with E-state index < -0.39 is 0 Å². The second kappa shape index (κ2) is 17.1. The molecule has 0 aliphatic carbocycles. The van der Waals surface area contributed by atoms with Gasteiger partial charge in [0.05, 0.1) is 18.1 Å². The van der Waals surface area contributed by atoms with Crippen LogP contribution in [0.4, 0.5) is 0 Å². The third-order valence-corrected chi connectivity index (χ3v) is 5.54. The third kappa shape index (κ3) is 14.7. The highest BCUT2D eigenvalue weighted by atomic mass is 16.5. The van der Waals surface area contributed by atoms with Crippen LogP contribution in [0.15, 0.2) is 0 Å². The standard InChI is InChI=1S/C22H41NO2.C2H6/c1-8-21(15-23)14-13-20(7)25-22(24)19(6)12-11-18(5)17(4)10-9-16(2)3;1-2/h16-21H,8-14H2,1-7H3;1-2H3. The number of rotatable bonds is 13. The van der Waals surface area contributed by atoms with E-state index in [1.54, 1.807) is 0 Å². The molecule has 0 radical (unpaired) electrons. The normalized spacial score (nSPS) is 16.3. The summed E-state index contributed by atoms with van der Waals surface area (Å²) < 4.78 is 5.57. The Kier molecular flexibility index (Phi) is 17.8. The summed E-state index contributed by atoms with van der Waals surface area (Å²) in [5, 5.41) is 8.99. The summed E-state index contributed by atoms with van der Waals surface area (Å²) in [7, 11) is 0. The quantitative estimate of drug-likeness (QED) is 0.312. The van der Waals surface area contributed by atoms with Gasteiger partial charge in [0.2, 0.25) is 0 Å². The average molecular weight is 382 g/mol. The molecule has 27 heavy (non-hydrogen) atoms. The highest BCUT2D eigenvalue weighted by Gasteiger charge is 2.20. The fraction of sp³-hybridized carbons (Fsp3) is 0.917. The second-order valence-electron chi connectivity index (χ2n) is 8.46. The van der Waals surface area contributed by atoms with Crippen molar-refractivity contribution in [1.29, 1.82) is 5.26 Å². The second-order valence-corrected chi connectivity index (χ2v) is 8.46.